The third kappa shape index (κ3) is 5.14. The summed E-state index contributed by atoms with van der Waals surface area (Å²) in [6.45, 7) is 4.16. The van der Waals surface area contributed by atoms with Crippen molar-refractivity contribution < 1.29 is 8.63 Å². The number of hydrogen-bond acceptors (Lipinski definition) is 3. The normalized spacial score (nSPS) is 17.3. The van der Waals surface area contributed by atoms with Crippen LogP contribution in [0.5, 0.6) is 0 Å². The number of rotatable bonds is 6. The van der Waals surface area contributed by atoms with Crippen molar-refractivity contribution in [3.05, 3.63) is 24.2 Å². The predicted molar refractivity (Wildman–Crippen MR) is 63.4 cm³/mol. The van der Waals surface area contributed by atoms with E-state index in [1.54, 1.807) is 12.5 Å². The standard InChI is InChI=1S/C11H19NO2S/c1-9(7-11-5-4-6-14-11)12-10(2)8-15(3)13/h4-6,9-10,12H,7-8H2,1-3H3. The minimum Gasteiger partial charge on any atom is -0.469 e. The topological polar surface area (TPSA) is 42.2 Å². The van der Waals surface area contributed by atoms with Gasteiger partial charge in [0.2, 0.25) is 0 Å². The van der Waals surface area contributed by atoms with Crippen LogP contribution in [0.3, 0.4) is 0 Å². The van der Waals surface area contributed by atoms with Crippen molar-refractivity contribution in [1.82, 2.24) is 5.32 Å². The van der Waals surface area contributed by atoms with Crippen molar-refractivity contribution in [3.63, 3.8) is 0 Å². The van der Waals surface area contributed by atoms with Gasteiger partial charge in [-0.05, 0) is 26.0 Å². The van der Waals surface area contributed by atoms with E-state index >= 15 is 0 Å². The molecule has 0 fully saturated rings. The molecule has 0 aliphatic heterocycles. The fourth-order valence-corrected chi connectivity index (χ4v) is 2.48. The van der Waals surface area contributed by atoms with Gasteiger partial charge < -0.3 is 9.73 Å². The third-order valence-corrected chi connectivity index (χ3v) is 3.11. The summed E-state index contributed by atoms with van der Waals surface area (Å²) in [7, 11) is -0.737. The van der Waals surface area contributed by atoms with E-state index in [4.69, 9.17) is 4.42 Å². The van der Waals surface area contributed by atoms with Crippen molar-refractivity contribution in [2.45, 2.75) is 32.4 Å². The first kappa shape index (κ1) is 12.5. The number of nitrogens with one attached hydrogen (secondary N) is 1. The number of furan rings is 1. The summed E-state index contributed by atoms with van der Waals surface area (Å²) in [5, 5.41) is 3.40. The Bertz CT molecular complexity index is 298. The van der Waals surface area contributed by atoms with Gasteiger partial charge in [0, 0.05) is 41.3 Å². The van der Waals surface area contributed by atoms with E-state index < -0.39 is 10.8 Å². The molecule has 3 nitrogen and oxygen atoms in total. The summed E-state index contributed by atoms with van der Waals surface area (Å²) in [5.74, 6) is 1.68. The van der Waals surface area contributed by atoms with Gasteiger partial charge in [0.25, 0.3) is 0 Å². The Labute approximate surface area is 93.7 Å². The van der Waals surface area contributed by atoms with Crippen molar-refractivity contribution in [3.8, 4) is 0 Å². The van der Waals surface area contributed by atoms with Gasteiger partial charge in [-0.25, -0.2) is 0 Å². The van der Waals surface area contributed by atoms with Crippen molar-refractivity contribution >= 4 is 10.8 Å². The minimum atomic E-state index is -0.737. The molecule has 0 saturated heterocycles. The second kappa shape index (κ2) is 6.08. The van der Waals surface area contributed by atoms with E-state index in [1.807, 2.05) is 12.1 Å². The van der Waals surface area contributed by atoms with Crippen LogP contribution >= 0.6 is 0 Å². The highest BCUT2D eigenvalue weighted by molar-refractivity contribution is 7.84. The molecule has 4 heteroatoms. The first-order valence-electron chi connectivity index (χ1n) is 5.16. The summed E-state index contributed by atoms with van der Waals surface area (Å²) < 4.78 is 16.3. The largest absolute Gasteiger partial charge is 0.469 e. The molecule has 3 atom stereocenters. The van der Waals surface area contributed by atoms with E-state index in [0.29, 0.717) is 11.8 Å². The molecule has 0 bridgehead atoms. The third-order valence-electron chi connectivity index (χ3n) is 2.14. The molecule has 0 saturated carbocycles. The Kier molecular flexibility index (Phi) is 5.05. The van der Waals surface area contributed by atoms with Gasteiger partial charge >= 0.3 is 0 Å². The fraction of sp³-hybridized carbons (Fsp3) is 0.636. The Hall–Kier alpha value is -0.610. The van der Waals surface area contributed by atoms with Crippen LogP contribution in [-0.4, -0.2) is 28.3 Å². The average molecular weight is 229 g/mol. The van der Waals surface area contributed by atoms with E-state index in [-0.39, 0.29) is 6.04 Å². The smallest absolute Gasteiger partial charge is 0.105 e. The highest BCUT2D eigenvalue weighted by Crippen LogP contribution is 2.04. The molecule has 0 amide bonds. The Morgan fingerprint density at radius 1 is 1.47 bits per heavy atom. The second-order valence-corrected chi connectivity index (χ2v) is 5.47. The van der Waals surface area contributed by atoms with Crippen LogP contribution in [0.15, 0.2) is 22.8 Å². The van der Waals surface area contributed by atoms with Crippen LogP contribution in [-0.2, 0) is 17.2 Å². The van der Waals surface area contributed by atoms with Crippen LogP contribution in [0.1, 0.15) is 19.6 Å². The van der Waals surface area contributed by atoms with Gasteiger partial charge in [0.1, 0.15) is 5.76 Å². The maximum absolute atomic E-state index is 11.0. The first-order chi connectivity index (χ1) is 7.08. The van der Waals surface area contributed by atoms with Gasteiger partial charge in [-0.1, -0.05) is 0 Å². The van der Waals surface area contributed by atoms with Gasteiger partial charge in [0.05, 0.1) is 6.26 Å². The summed E-state index contributed by atoms with van der Waals surface area (Å²) in [6, 6.07) is 4.49. The lowest BCUT2D eigenvalue weighted by Crippen LogP contribution is -2.38. The van der Waals surface area contributed by atoms with Gasteiger partial charge in [-0.3, -0.25) is 4.21 Å². The van der Waals surface area contributed by atoms with Crippen LogP contribution in [0.25, 0.3) is 0 Å². The number of hydrogen-bond donors (Lipinski definition) is 1. The summed E-state index contributed by atoms with van der Waals surface area (Å²) in [5.41, 5.74) is 0. The lowest BCUT2D eigenvalue weighted by atomic mass is 10.2. The van der Waals surface area contributed by atoms with Crippen LogP contribution in [0.2, 0.25) is 0 Å². The van der Waals surface area contributed by atoms with Crippen molar-refractivity contribution in [2.75, 3.05) is 12.0 Å². The zero-order valence-electron chi connectivity index (χ0n) is 9.53. The summed E-state index contributed by atoms with van der Waals surface area (Å²) in [4.78, 5) is 0. The Morgan fingerprint density at radius 3 is 2.73 bits per heavy atom. The lowest BCUT2D eigenvalue weighted by molar-refractivity contribution is 0.436. The van der Waals surface area contributed by atoms with E-state index in [0.717, 1.165) is 12.2 Å². The maximum Gasteiger partial charge on any atom is 0.105 e. The Morgan fingerprint density at radius 2 is 2.20 bits per heavy atom. The summed E-state index contributed by atoms with van der Waals surface area (Å²) >= 11 is 0. The SMILES string of the molecule is CC(Cc1ccco1)NC(C)CS(C)=O. The molecular formula is C11H19NO2S. The molecule has 1 rings (SSSR count). The predicted octanol–water partition coefficient (Wildman–Crippen LogP) is 1.57. The molecule has 0 aliphatic carbocycles. The summed E-state index contributed by atoms with van der Waals surface area (Å²) in [6.07, 6.45) is 4.29. The maximum atomic E-state index is 11.0. The van der Waals surface area contributed by atoms with Crippen LogP contribution in [0, 0.1) is 0 Å². The molecule has 1 aromatic rings. The van der Waals surface area contributed by atoms with E-state index in [9.17, 15) is 4.21 Å². The van der Waals surface area contributed by atoms with Gasteiger partial charge in [-0.2, -0.15) is 0 Å². The molecule has 0 spiro atoms. The molecule has 1 heterocycles. The molecule has 0 aliphatic rings. The molecule has 86 valence electrons. The molecule has 15 heavy (non-hydrogen) atoms. The van der Waals surface area contributed by atoms with E-state index in [1.165, 1.54) is 0 Å². The van der Waals surface area contributed by atoms with Crippen LogP contribution < -0.4 is 5.32 Å². The molecule has 0 aromatic carbocycles. The highest BCUT2D eigenvalue weighted by Gasteiger charge is 2.10. The fourth-order valence-electron chi connectivity index (χ4n) is 1.68. The van der Waals surface area contributed by atoms with Crippen molar-refractivity contribution in [2.24, 2.45) is 0 Å². The van der Waals surface area contributed by atoms with Gasteiger partial charge in [0.15, 0.2) is 0 Å². The zero-order valence-corrected chi connectivity index (χ0v) is 10.3. The molecule has 0 radical (unpaired) electrons. The lowest BCUT2D eigenvalue weighted by Gasteiger charge is -2.18. The van der Waals surface area contributed by atoms with Crippen LogP contribution in [0.4, 0.5) is 0 Å². The van der Waals surface area contributed by atoms with Gasteiger partial charge in [-0.15, -0.1) is 0 Å². The minimum absolute atomic E-state index is 0.279. The Balaban J connectivity index is 2.29. The molecule has 3 unspecified atom stereocenters. The average Bonchev–Trinajstić information content (AvgIpc) is 2.53. The molecular weight excluding hydrogens is 210 g/mol. The molecule has 1 aromatic heterocycles. The first-order valence-corrected chi connectivity index (χ1v) is 6.89. The zero-order chi connectivity index (χ0) is 11.3. The highest BCUT2D eigenvalue weighted by atomic mass is 32.2. The van der Waals surface area contributed by atoms with E-state index in [2.05, 4.69) is 19.2 Å². The second-order valence-electron chi connectivity index (χ2n) is 3.99. The van der Waals surface area contributed by atoms with Crippen molar-refractivity contribution in [1.29, 1.82) is 0 Å². The quantitative estimate of drug-likeness (QED) is 0.805. The monoisotopic (exact) mass is 229 g/mol. The molecule has 1 N–H and O–H groups in total.